The van der Waals surface area contributed by atoms with E-state index in [1.807, 2.05) is 0 Å². The molecular weight excluding hydrogens is 179 g/mol. The van der Waals surface area contributed by atoms with E-state index >= 15 is 0 Å². The van der Waals surface area contributed by atoms with E-state index in [1.165, 1.54) is 7.11 Å². The van der Waals surface area contributed by atoms with Gasteiger partial charge in [-0.1, -0.05) is 12.1 Å². The minimum atomic E-state index is -0.731. The van der Waals surface area contributed by atoms with E-state index in [0.717, 1.165) is 5.75 Å². The maximum absolute atomic E-state index is 11.1. The molecule has 72 valence electrons. The lowest BCUT2D eigenvalue weighted by atomic mass is 9.81. The zero-order valence-corrected chi connectivity index (χ0v) is 8.19. The number of benzene rings is 1. The van der Waals surface area contributed by atoms with Crippen LogP contribution >= 0.6 is 0 Å². The highest BCUT2D eigenvalue weighted by Crippen LogP contribution is 2.17. The summed E-state index contributed by atoms with van der Waals surface area (Å²) in [5, 5.41) is 0. The zero-order valence-electron chi connectivity index (χ0n) is 8.19. The molecule has 3 nitrogen and oxygen atoms in total. The summed E-state index contributed by atoms with van der Waals surface area (Å²) in [6, 6.07) is 6.97. The van der Waals surface area contributed by atoms with Gasteiger partial charge in [0.1, 0.15) is 5.75 Å². The molecule has 1 aromatic carbocycles. The SMILES string of the molecule is [B]C(C(=O)OC)c1ccc(OC)cc1. The van der Waals surface area contributed by atoms with E-state index in [1.54, 1.807) is 31.4 Å². The third kappa shape index (κ3) is 2.28. The largest absolute Gasteiger partial charge is 0.497 e. The molecule has 0 spiro atoms. The monoisotopic (exact) mass is 190 g/mol. The van der Waals surface area contributed by atoms with Gasteiger partial charge in [-0.2, -0.15) is 0 Å². The molecule has 0 bridgehead atoms. The molecule has 1 rings (SSSR count). The Morgan fingerprint density at radius 1 is 1.29 bits per heavy atom. The molecule has 0 aliphatic heterocycles. The van der Waals surface area contributed by atoms with Gasteiger partial charge < -0.3 is 9.47 Å². The van der Waals surface area contributed by atoms with Crippen LogP contribution in [0.5, 0.6) is 5.75 Å². The van der Waals surface area contributed by atoms with Gasteiger partial charge in [-0.15, -0.1) is 0 Å². The predicted molar refractivity (Wildman–Crippen MR) is 53.5 cm³/mol. The van der Waals surface area contributed by atoms with Gasteiger partial charge in [0, 0.05) is 5.82 Å². The number of carbonyl (C=O) groups is 1. The summed E-state index contributed by atoms with van der Waals surface area (Å²) < 4.78 is 9.51. The summed E-state index contributed by atoms with van der Waals surface area (Å²) >= 11 is 0. The lowest BCUT2D eigenvalue weighted by Crippen LogP contribution is -2.13. The van der Waals surface area contributed by atoms with Crippen molar-refractivity contribution in [2.24, 2.45) is 0 Å². The molecule has 14 heavy (non-hydrogen) atoms. The molecule has 0 fully saturated rings. The Labute approximate surface area is 84.4 Å². The van der Waals surface area contributed by atoms with Gasteiger partial charge in [-0.25, -0.2) is 0 Å². The molecule has 2 radical (unpaired) electrons. The maximum Gasteiger partial charge on any atom is 0.304 e. The van der Waals surface area contributed by atoms with Gasteiger partial charge in [0.2, 0.25) is 0 Å². The Morgan fingerprint density at radius 2 is 1.86 bits per heavy atom. The summed E-state index contributed by atoms with van der Waals surface area (Å²) in [6.07, 6.45) is 0. The summed E-state index contributed by atoms with van der Waals surface area (Å²) in [6.45, 7) is 0. The predicted octanol–water partition coefficient (Wildman–Crippen LogP) is 1.08. The average Bonchev–Trinajstić information content (AvgIpc) is 2.27. The van der Waals surface area contributed by atoms with Gasteiger partial charge >= 0.3 is 5.97 Å². The van der Waals surface area contributed by atoms with Crippen molar-refractivity contribution in [2.45, 2.75) is 5.82 Å². The molecule has 0 aliphatic carbocycles. The number of esters is 1. The molecule has 1 unspecified atom stereocenters. The quantitative estimate of drug-likeness (QED) is 0.528. The molecular formula is C10H11BO3. The van der Waals surface area contributed by atoms with E-state index in [-0.39, 0.29) is 0 Å². The minimum absolute atomic E-state index is 0.449. The number of hydrogen-bond acceptors (Lipinski definition) is 3. The van der Waals surface area contributed by atoms with E-state index in [4.69, 9.17) is 12.6 Å². The lowest BCUT2D eigenvalue weighted by Gasteiger charge is -2.09. The van der Waals surface area contributed by atoms with Crippen LogP contribution in [0.25, 0.3) is 0 Å². The fourth-order valence-corrected chi connectivity index (χ4v) is 1.07. The first-order chi connectivity index (χ1) is 6.69. The molecule has 0 amide bonds. The van der Waals surface area contributed by atoms with Gasteiger partial charge in [-0.05, 0) is 17.7 Å². The number of hydrogen-bond donors (Lipinski definition) is 0. The summed E-state index contributed by atoms with van der Waals surface area (Å²) in [5.41, 5.74) is 0.706. The van der Waals surface area contributed by atoms with E-state index in [2.05, 4.69) is 4.74 Å². The Hall–Kier alpha value is -1.45. The third-order valence-electron chi connectivity index (χ3n) is 1.93. The molecule has 0 saturated carbocycles. The molecule has 1 atom stereocenters. The fraction of sp³-hybridized carbons (Fsp3) is 0.300. The summed E-state index contributed by atoms with van der Waals surface area (Å²) in [4.78, 5) is 11.1. The van der Waals surface area contributed by atoms with E-state index in [9.17, 15) is 4.79 Å². The summed E-state index contributed by atoms with van der Waals surface area (Å²) in [7, 11) is 8.52. The second-order valence-electron chi connectivity index (χ2n) is 2.77. The highest BCUT2D eigenvalue weighted by molar-refractivity contribution is 6.23. The first-order valence-corrected chi connectivity index (χ1v) is 4.16. The van der Waals surface area contributed by atoms with Crippen LogP contribution in [0.3, 0.4) is 0 Å². The Bertz CT molecular complexity index is 308. The Balaban J connectivity index is 2.81. The second-order valence-corrected chi connectivity index (χ2v) is 2.77. The third-order valence-corrected chi connectivity index (χ3v) is 1.93. The van der Waals surface area contributed by atoms with Crippen LogP contribution in [0.4, 0.5) is 0 Å². The van der Waals surface area contributed by atoms with Crippen molar-refractivity contribution in [1.29, 1.82) is 0 Å². The van der Waals surface area contributed by atoms with E-state index in [0.29, 0.717) is 5.56 Å². The van der Waals surface area contributed by atoms with Crippen LogP contribution in [0.1, 0.15) is 11.4 Å². The van der Waals surface area contributed by atoms with Gasteiger partial charge in [0.05, 0.1) is 22.1 Å². The Morgan fingerprint density at radius 3 is 2.29 bits per heavy atom. The standard InChI is InChI=1S/C10H11BO3/c1-13-8-5-3-7(4-6-8)9(11)10(12)14-2/h3-6,9H,1-2H3. The molecule has 0 aromatic heterocycles. The van der Waals surface area contributed by atoms with Crippen molar-refractivity contribution in [3.05, 3.63) is 29.8 Å². The highest BCUT2D eigenvalue weighted by atomic mass is 16.5. The van der Waals surface area contributed by atoms with E-state index < -0.39 is 11.8 Å². The smallest absolute Gasteiger partial charge is 0.304 e. The zero-order chi connectivity index (χ0) is 10.6. The normalized spacial score (nSPS) is 11.9. The van der Waals surface area contributed by atoms with Crippen LogP contribution in [-0.4, -0.2) is 28.0 Å². The maximum atomic E-state index is 11.1. The number of methoxy groups -OCH3 is 2. The number of carbonyl (C=O) groups excluding carboxylic acids is 1. The van der Waals surface area contributed by atoms with Crippen molar-refractivity contribution in [3.63, 3.8) is 0 Å². The van der Waals surface area contributed by atoms with Crippen molar-refractivity contribution < 1.29 is 14.3 Å². The summed E-state index contributed by atoms with van der Waals surface area (Å²) in [5.74, 6) is -0.452. The fourth-order valence-electron chi connectivity index (χ4n) is 1.07. The van der Waals surface area contributed by atoms with Crippen molar-refractivity contribution in [1.82, 2.24) is 0 Å². The Kier molecular flexibility index (Phi) is 3.57. The van der Waals surface area contributed by atoms with Crippen molar-refractivity contribution >= 4 is 13.8 Å². The lowest BCUT2D eigenvalue weighted by molar-refractivity contribution is -0.140. The molecule has 1 aromatic rings. The van der Waals surface area contributed by atoms with Gasteiger partial charge in [0.15, 0.2) is 0 Å². The molecule has 0 N–H and O–H groups in total. The topological polar surface area (TPSA) is 35.5 Å². The van der Waals surface area contributed by atoms with Gasteiger partial charge in [0.25, 0.3) is 0 Å². The number of ether oxygens (including phenoxy) is 2. The van der Waals surface area contributed by atoms with Crippen LogP contribution in [0.15, 0.2) is 24.3 Å². The van der Waals surface area contributed by atoms with Crippen LogP contribution < -0.4 is 4.74 Å². The van der Waals surface area contributed by atoms with Gasteiger partial charge in [-0.3, -0.25) is 4.79 Å². The first kappa shape index (κ1) is 10.6. The molecule has 4 heteroatoms. The van der Waals surface area contributed by atoms with Crippen LogP contribution in [0.2, 0.25) is 0 Å². The average molecular weight is 190 g/mol. The first-order valence-electron chi connectivity index (χ1n) is 4.16. The van der Waals surface area contributed by atoms with Crippen LogP contribution in [-0.2, 0) is 9.53 Å². The van der Waals surface area contributed by atoms with Crippen molar-refractivity contribution in [2.75, 3.05) is 14.2 Å². The highest BCUT2D eigenvalue weighted by Gasteiger charge is 2.14. The minimum Gasteiger partial charge on any atom is -0.497 e. The van der Waals surface area contributed by atoms with Crippen molar-refractivity contribution in [3.8, 4) is 5.75 Å². The molecule has 0 aliphatic rings. The van der Waals surface area contributed by atoms with Crippen LogP contribution in [0, 0.1) is 0 Å². The molecule has 0 saturated heterocycles. The second kappa shape index (κ2) is 4.70. The molecule has 0 heterocycles. The number of rotatable bonds is 3.